The molecule has 0 bridgehead atoms. The van der Waals surface area contributed by atoms with E-state index in [0.717, 1.165) is 0 Å². The molecule has 1 spiro atoms. The average Bonchev–Trinajstić information content (AvgIpc) is 2.95. The number of hydrogen-bond acceptors (Lipinski definition) is 6. The molecule has 0 fully saturated rings. The van der Waals surface area contributed by atoms with Crippen molar-refractivity contribution in [3.8, 4) is 23.0 Å². The molecule has 0 amide bonds. The summed E-state index contributed by atoms with van der Waals surface area (Å²) in [6, 6.07) is 14.4. The minimum Gasteiger partial charge on any atom is -0.508 e. The number of carbonyl (C=O) groups is 2. The highest BCUT2D eigenvalue weighted by Gasteiger charge is 2.54. The molecule has 2 N–H and O–H groups in total. The summed E-state index contributed by atoms with van der Waals surface area (Å²) < 4.78 is 11.7. The molecule has 2 heterocycles. The molecule has 2 aliphatic heterocycles. The number of aromatic hydroxyl groups is 2. The summed E-state index contributed by atoms with van der Waals surface area (Å²) in [5, 5.41) is 20.0. The Morgan fingerprint density at radius 2 is 1.70 bits per heavy atom. The van der Waals surface area contributed by atoms with Gasteiger partial charge in [0.05, 0.1) is 11.1 Å². The fourth-order valence-electron chi connectivity index (χ4n) is 3.85. The van der Waals surface area contributed by atoms with Crippen molar-refractivity contribution in [1.82, 2.24) is 0 Å². The molecule has 1 atom stereocenters. The predicted molar refractivity (Wildman–Crippen MR) is 93.4 cm³/mol. The Morgan fingerprint density at radius 3 is 2.52 bits per heavy atom. The van der Waals surface area contributed by atoms with Crippen LogP contribution in [-0.2, 0) is 10.3 Å². The number of rotatable bonds is 1. The third-order valence-electron chi connectivity index (χ3n) is 5.00. The first-order chi connectivity index (χ1) is 13.1. The second kappa shape index (κ2) is 5.11. The lowest BCUT2D eigenvalue weighted by atomic mass is 9.77. The Bertz CT molecular complexity index is 1150. The van der Waals surface area contributed by atoms with Crippen molar-refractivity contribution in [3.63, 3.8) is 0 Å². The fraction of sp³-hybridized carbons (Fsp3) is 0.0476. The van der Waals surface area contributed by atoms with Crippen LogP contribution in [0.3, 0.4) is 0 Å². The van der Waals surface area contributed by atoms with Crippen molar-refractivity contribution in [2.45, 2.75) is 5.60 Å². The van der Waals surface area contributed by atoms with Gasteiger partial charge in [0.25, 0.3) is 0 Å². The molecule has 2 aliphatic rings. The number of fused-ring (bicyclic) bond motifs is 6. The van der Waals surface area contributed by atoms with E-state index in [4.69, 9.17) is 9.47 Å². The lowest BCUT2D eigenvalue weighted by Crippen LogP contribution is -2.33. The fourth-order valence-corrected chi connectivity index (χ4v) is 3.85. The molecule has 0 saturated carbocycles. The van der Waals surface area contributed by atoms with Gasteiger partial charge < -0.3 is 19.7 Å². The Kier molecular flexibility index (Phi) is 2.92. The molecule has 3 aromatic rings. The maximum atomic E-state index is 12.6. The summed E-state index contributed by atoms with van der Waals surface area (Å²) in [5.74, 6) is -0.468. The van der Waals surface area contributed by atoms with Crippen molar-refractivity contribution in [1.29, 1.82) is 0 Å². The first kappa shape index (κ1) is 15.5. The molecule has 6 nitrogen and oxygen atoms in total. The van der Waals surface area contributed by atoms with Crippen LogP contribution in [0.2, 0.25) is 0 Å². The van der Waals surface area contributed by atoms with E-state index in [2.05, 4.69) is 0 Å². The molecular weight excluding hydrogens is 348 g/mol. The van der Waals surface area contributed by atoms with Crippen LogP contribution >= 0.6 is 0 Å². The van der Waals surface area contributed by atoms with Crippen LogP contribution in [0, 0.1) is 0 Å². The van der Waals surface area contributed by atoms with E-state index in [1.807, 2.05) is 0 Å². The van der Waals surface area contributed by atoms with Gasteiger partial charge in [-0.2, -0.15) is 0 Å². The third kappa shape index (κ3) is 1.84. The van der Waals surface area contributed by atoms with Crippen molar-refractivity contribution in [3.05, 3.63) is 82.4 Å². The van der Waals surface area contributed by atoms with Gasteiger partial charge in [0, 0.05) is 22.8 Å². The smallest absolute Gasteiger partial charge is 0.340 e. The molecule has 0 saturated heterocycles. The summed E-state index contributed by atoms with van der Waals surface area (Å²) in [4.78, 5) is 24.2. The zero-order chi connectivity index (χ0) is 18.8. The van der Waals surface area contributed by atoms with Crippen LogP contribution < -0.4 is 4.74 Å². The summed E-state index contributed by atoms with van der Waals surface area (Å²) in [5.41, 5.74) is 0.573. The standard InChI is InChI=1S/C21H12O6/c22-10-13-17(24)8-7-16-19(13)26-18-9-11(23)5-6-15(18)21(16)14-4-2-1-3-12(14)20(25)27-21/h1-10,23-24H/t21-/m1/s1. The van der Waals surface area contributed by atoms with Gasteiger partial charge in [-0.1, -0.05) is 18.2 Å². The molecule has 27 heavy (non-hydrogen) atoms. The maximum absolute atomic E-state index is 12.6. The van der Waals surface area contributed by atoms with E-state index < -0.39 is 11.6 Å². The first-order valence-electron chi connectivity index (χ1n) is 8.22. The van der Waals surface area contributed by atoms with E-state index >= 15 is 0 Å². The van der Waals surface area contributed by atoms with Crippen molar-refractivity contribution < 1.29 is 29.3 Å². The highest BCUT2D eigenvalue weighted by atomic mass is 16.6. The summed E-state index contributed by atoms with van der Waals surface area (Å²) in [6.07, 6.45) is 0.484. The minimum absolute atomic E-state index is 0.0437. The number of benzene rings is 3. The maximum Gasteiger partial charge on any atom is 0.340 e. The molecule has 132 valence electrons. The van der Waals surface area contributed by atoms with Crippen LogP contribution in [0.15, 0.2) is 54.6 Å². The molecule has 0 aromatic heterocycles. The van der Waals surface area contributed by atoms with Gasteiger partial charge in [-0.25, -0.2) is 4.79 Å². The van der Waals surface area contributed by atoms with E-state index in [1.54, 1.807) is 36.4 Å². The van der Waals surface area contributed by atoms with Crippen LogP contribution in [-0.4, -0.2) is 22.5 Å². The van der Waals surface area contributed by atoms with E-state index in [9.17, 15) is 19.8 Å². The summed E-state index contributed by atoms with van der Waals surface area (Å²) >= 11 is 0. The number of ether oxygens (including phenoxy) is 2. The number of esters is 1. The third-order valence-corrected chi connectivity index (χ3v) is 5.00. The molecule has 0 aliphatic carbocycles. The lowest BCUT2D eigenvalue weighted by Gasteiger charge is -2.37. The molecule has 5 rings (SSSR count). The van der Waals surface area contributed by atoms with Crippen molar-refractivity contribution >= 4 is 12.3 Å². The normalized spacial score (nSPS) is 18.9. The van der Waals surface area contributed by atoms with E-state index in [0.29, 0.717) is 28.5 Å². The second-order valence-electron chi connectivity index (χ2n) is 6.39. The Morgan fingerprint density at radius 1 is 0.926 bits per heavy atom. The minimum atomic E-state index is -1.34. The Balaban J connectivity index is 1.94. The average molecular weight is 360 g/mol. The van der Waals surface area contributed by atoms with Gasteiger partial charge in [-0.15, -0.1) is 0 Å². The number of hydrogen-bond donors (Lipinski definition) is 2. The van der Waals surface area contributed by atoms with E-state index in [1.165, 1.54) is 18.2 Å². The summed E-state index contributed by atoms with van der Waals surface area (Å²) in [7, 11) is 0. The van der Waals surface area contributed by atoms with Crippen LogP contribution in [0.1, 0.15) is 37.4 Å². The lowest BCUT2D eigenvalue weighted by molar-refractivity contribution is 0.0224. The van der Waals surface area contributed by atoms with Gasteiger partial charge in [0.2, 0.25) is 0 Å². The SMILES string of the molecule is O=Cc1c(O)ccc2c1Oc1cc(O)ccc1[C@@]21OC(=O)c2ccccc21. The first-order valence-corrected chi connectivity index (χ1v) is 8.22. The highest BCUT2D eigenvalue weighted by Crippen LogP contribution is 2.57. The Labute approximate surface area is 153 Å². The number of phenolic OH excluding ortho intramolecular Hbond substituents is 2. The van der Waals surface area contributed by atoms with Crippen molar-refractivity contribution in [2.75, 3.05) is 0 Å². The second-order valence-corrected chi connectivity index (χ2v) is 6.39. The molecular formula is C21H12O6. The highest BCUT2D eigenvalue weighted by molar-refractivity contribution is 5.97. The van der Waals surface area contributed by atoms with Crippen LogP contribution in [0.25, 0.3) is 0 Å². The quantitative estimate of drug-likeness (QED) is 0.510. The zero-order valence-electron chi connectivity index (χ0n) is 13.8. The number of carbonyl (C=O) groups excluding carboxylic acids is 2. The molecule has 6 heteroatoms. The monoisotopic (exact) mass is 360 g/mol. The van der Waals surface area contributed by atoms with Crippen LogP contribution in [0.4, 0.5) is 0 Å². The van der Waals surface area contributed by atoms with Crippen LogP contribution in [0.5, 0.6) is 23.0 Å². The van der Waals surface area contributed by atoms with E-state index in [-0.39, 0.29) is 28.6 Å². The van der Waals surface area contributed by atoms with Gasteiger partial charge in [-0.3, -0.25) is 4.79 Å². The largest absolute Gasteiger partial charge is 0.508 e. The van der Waals surface area contributed by atoms with Gasteiger partial charge in [0.1, 0.15) is 23.0 Å². The summed E-state index contributed by atoms with van der Waals surface area (Å²) in [6.45, 7) is 0. The van der Waals surface area contributed by atoms with Crippen molar-refractivity contribution in [2.24, 2.45) is 0 Å². The zero-order valence-corrected chi connectivity index (χ0v) is 13.8. The predicted octanol–water partition coefficient (Wildman–Crippen LogP) is 3.48. The van der Waals surface area contributed by atoms with Gasteiger partial charge >= 0.3 is 5.97 Å². The number of aldehydes is 1. The van der Waals surface area contributed by atoms with Gasteiger partial charge in [0.15, 0.2) is 11.9 Å². The Hall–Kier alpha value is -3.80. The molecule has 3 aromatic carbocycles. The molecule has 0 radical (unpaired) electrons. The number of phenols is 2. The van der Waals surface area contributed by atoms with Gasteiger partial charge in [-0.05, 0) is 30.3 Å². The topological polar surface area (TPSA) is 93.1 Å². The molecule has 0 unspecified atom stereocenters.